The number of para-hydroxylation sites is 2. The topological polar surface area (TPSA) is 78.5 Å². The van der Waals surface area contributed by atoms with Gasteiger partial charge in [-0.25, -0.2) is 8.42 Å². The standard InChI is InChI=1S/C19H20F3N3O3S/c20-19(21,22)13-23-16-8-1-2-9-17(16)24-18(26)14-6-5-7-15(12-14)29(27,28)25-10-3-4-11-25/h1-2,5-9,12,23H,3-4,10-11,13H2,(H,24,26). The molecule has 1 fully saturated rings. The molecule has 1 amide bonds. The summed E-state index contributed by atoms with van der Waals surface area (Å²) < 4.78 is 64.2. The summed E-state index contributed by atoms with van der Waals surface area (Å²) in [4.78, 5) is 12.6. The van der Waals surface area contributed by atoms with E-state index in [1.807, 2.05) is 0 Å². The van der Waals surface area contributed by atoms with Crippen LogP contribution in [0.4, 0.5) is 24.5 Å². The minimum Gasteiger partial charge on any atom is -0.375 e. The van der Waals surface area contributed by atoms with Crippen molar-refractivity contribution in [2.45, 2.75) is 23.9 Å². The largest absolute Gasteiger partial charge is 0.405 e. The third kappa shape index (κ3) is 5.27. The Morgan fingerprint density at radius 2 is 1.66 bits per heavy atom. The van der Waals surface area contributed by atoms with Crippen LogP contribution >= 0.6 is 0 Å². The van der Waals surface area contributed by atoms with Crippen LogP contribution in [0, 0.1) is 0 Å². The summed E-state index contributed by atoms with van der Waals surface area (Å²) in [6, 6.07) is 11.6. The highest BCUT2D eigenvalue weighted by Crippen LogP contribution is 2.25. The average molecular weight is 427 g/mol. The quantitative estimate of drug-likeness (QED) is 0.737. The fourth-order valence-corrected chi connectivity index (χ4v) is 4.58. The lowest BCUT2D eigenvalue weighted by Crippen LogP contribution is -2.28. The molecule has 2 N–H and O–H groups in total. The minimum absolute atomic E-state index is 0.00975. The summed E-state index contributed by atoms with van der Waals surface area (Å²) in [5.74, 6) is -0.621. The van der Waals surface area contributed by atoms with Crippen molar-refractivity contribution in [2.24, 2.45) is 0 Å². The maximum Gasteiger partial charge on any atom is 0.405 e. The number of nitrogens with one attached hydrogen (secondary N) is 2. The first kappa shape index (κ1) is 21.1. The number of rotatable bonds is 6. The zero-order chi connectivity index (χ0) is 21.1. The highest BCUT2D eigenvalue weighted by atomic mass is 32.2. The van der Waals surface area contributed by atoms with Gasteiger partial charge in [-0.15, -0.1) is 0 Å². The van der Waals surface area contributed by atoms with E-state index in [1.165, 1.54) is 46.8 Å². The van der Waals surface area contributed by atoms with Crippen molar-refractivity contribution in [1.29, 1.82) is 0 Å². The second-order valence-corrected chi connectivity index (χ2v) is 8.55. The Morgan fingerprint density at radius 3 is 2.31 bits per heavy atom. The SMILES string of the molecule is O=C(Nc1ccccc1NCC(F)(F)F)c1cccc(S(=O)(=O)N2CCCC2)c1. The Balaban J connectivity index is 1.79. The van der Waals surface area contributed by atoms with Gasteiger partial charge < -0.3 is 10.6 Å². The zero-order valence-corrected chi connectivity index (χ0v) is 16.2. The van der Waals surface area contributed by atoms with Gasteiger partial charge in [0.25, 0.3) is 5.91 Å². The molecule has 1 saturated heterocycles. The number of hydrogen-bond acceptors (Lipinski definition) is 4. The predicted molar refractivity (Wildman–Crippen MR) is 103 cm³/mol. The first-order valence-corrected chi connectivity index (χ1v) is 10.4. The molecular formula is C19H20F3N3O3S. The maximum atomic E-state index is 12.7. The number of carbonyl (C=O) groups is 1. The summed E-state index contributed by atoms with van der Waals surface area (Å²) in [7, 11) is -3.68. The summed E-state index contributed by atoms with van der Waals surface area (Å²) in [5, 5.41) is 4.77. The number of alkyl halides is 3. The predicted octanol–water partition coefficient (Wildman–Crippen LogP) is 3.70. The Kier molecular flexibility index (Phi) is 6.13. The highest BCUT2D eigenvalue weighted by Gasteiger charge is 2.28. The lowest BCUT2D eigenvalue weighted by atomic mass is 10.2. The monoisotopic (exact) mass is 427 g/mol. The number of anilines is 2. The highest BCUT2D eigenvalue weighted by molar-refractivity contribution is 7.89. The maximum absolute atomic E-state index is 12.7. The van der Waals surface area contributed by atoms with Crippen LogP contribution in [-0.4, -0.2) is 44.4 Å². The number of hydrogen-bond donors (Lipinski definition) is 2. The van der Waals surface area contributed by atoms with Gasteiger partial charge in [0.1, 0.15) is 6.54 Å². The van der Waals surface area contributed by atoms with Gasteiger partial charge >= 0.3 is 6.18 Å². The number of nitrogens with zero attached hydrogens (tertiary/aromatic N) is 1. The number of carbonyl (C=O) groups excluding carboxylic acids is 1. The van der Waals surface area contributed by atoms with E-state index in [0.29, 0.717) is 13.1 Å². The Hall–Kier alpha value is -2.59. The van der Waals surface area contributed by atoms with E-state index < -0.39 is 28.7 Å². The Labute approximate surface area is 166 Å². The van der Waals surface area contributed by atoms with Crippen LogP contribution in [0.5, 0.6) is 0 Å². The van der Waals surface area contributed by atoms with Crippen molar-refractivity contribution in [2.75, 3.05) is 30.3 Å². The summed E-state index contributed by atoms with van der Waals surface area (Å²) in [6.45, 7) is -0.364. The normalized spacial score (nSPS) is 15.3. The lowest BCUT2D eigenvalue weighted by molar-refractivity contribution is -0.115. The average Bonchev–Trinajstić information content (AvgIpc) is 3.22. The molecule has 0 saturated carbocycles. The third-order valence-corrected chi connectivity index (χ3v) is 6.35. The molecule has 1 aliphatic rings. The Morgan fingerprint density at radius 1 is 1.00 bits per heavy atom. The van der Waals surface area contributed by atoms with Gasteiger partial charge in [-0.2, -0.15) is 17.5 Å². The molecule has 29 heavy (non-hydrogen) atoms. The van der Waals surface area contributed by atoms with Crippen molar-refractivity contribution >= 4 is 27.3 Å². The molecule has 0 spiro atoms. The number of sulfonamides is 1. The summed E-state index contributed by atoms with van der Waals surface area (Å²) in [5.41, 5.74) is 0.365. The fraction of sp³-hybridized carbons (Fsp3) is 0.316. The van der Waals surface area contributed by atoms with Crippen molar-refractivity contribution in [3.05, 3.63) is 54.1 Å². The molecule has 6 nitrogen and oxygen atoms in total. The molecule has 0 radical (unpaired) electrons. The number of amides is 1. The van der Waals surface area contributed by atoms with E-state index in [2.05, 4.69) is 10.6 Å². The van der Waals surface area contributed by atoms with Gasteiger partial charge in [0.15, 0.2) is 0 Å². The second kappa shape index (κ2) is 8.42. The third-order valence-electron chi connectivity index (χ3n) is 4.45. The van der Waals surface area contributed by atoms with Gasteiger partial charge in [0, 0.05) is 18.7 Å². The molecule has 0 bridgehead atoms. The summed E-state index contributed by atoms with van der Waals surface area (Å²) in [6.07, 6.45) is -2.82. The van der Waals surface area contributed by atoms with Gasteiger partial charge in [0.2, 0.25) is 10.0 Å². The van der Waals surface area contributed by atoms with Crippen LogP contribution in [0.1, 0.15) is 23.2 Å². The van der Waals surface area contributed by atoms with E-state index in [0.717, 1.165) is 12.8 Å². The van der Waals surface area contributed by atoms with Crippen LogP contribution in [0.15, 0.2) is 53.4 Å². The number of benzene rings is 2. The van der Waals surface area contributed by atoms with Gasteiger partial charge in [0.05, 0.1) is 16.3 Å². The number of halogens is 3. The molecule has 0 unspecified atom stereocenters. The van der Waals surface area contributed by atoms with E-state index in [1.54, 1.807) is 6.07 Å². The molecule has 1 aliphatic heterocycles. The first-order valence-electron chi connectivity index (χ1n) is 8.98. The molecule has 156 valence electrons. The smallest absolute Gasteiger partial charge is 0.375 e. The van der Waals surface area contributed by atoms with Crippen molar-refractivity contribution in [3.8, 4) is 0 Å². The Bertz CT molecular complexity index is 987. The zero-order valence-electron chi connectivity index (χ0n) is 15.4. The molecular weight excluding hydrogens is 407 g/mol. The second-order valence-electron chi connectivity index (χ2n) is 6.61. The molecule has 2 aromatic carbocycles. The lowest BCUT2D eigenvalue weighted by Gasteiger charge is -2.16. The van der Waals surface area contributed by atoms with Crippen LogP contribution in [0.25, 0.3) is 0 Å². The van der Waals surface area contributed by atoms with E-state index in [9.17, 15) is 26.4 Å². The van der Waals surface area contributed by atoms with Crippen molar-refractivity contribution in [1.82, 2.24) is 4.31 Å². The molecule has 0 atom stereocenters. The van der Waals surface area contributed by atoms with Crippen molar-refractivity contribution < 1.29 is 26.4 Å². The van der Waals surface area contributed by atoms with E-state index >= 15 is 0 Å². The van der Waals surface area contributed by atoms with Gasteiger partial charge in [-0.05, 0) is 43.2 Å². The molecule has 0 aromatic heterocycles. The van der Waals surface area contributed by atoms with Crippen LogP contribution in [0.3, 0.4) is 0 Å². The van der Waals surface area contributed by atoms with Gasteiger partial charge in [-0.3, -0.25) is 4.79 Å². The van der Waals surface area contributed by atoms with Gasteiger partial charge in [-0.1, -0.05) is 18.2 Å². The van der Waals surface area contributed by atoms with E-state index in [-0.39, 0.29) is 21.8 Å². The fourth-order valence-electron chi connectivity index (χ4n) is 3.01. The van der Waals surface area contributed by atoms with Crippen LogP contribution in [-0.2, 0) is 10.0 Å². The molecule has 3 rings (SSSR count). The summed E-state index contributed by atoms with van der Waals surface area (Å²) >= 11 is 0. The first-order chi connectivity index (χ1) is 13.7. The molecule has 0 aliphatic carbocycles. The molecule has 1 heterocycles. The molecule has 10 heteroatoms. The molecule has 2 aromatic rings. The van der Waals surface area contributed by atoms with Crippen molar-refractivity contribution in [3.63, 3.8) is 0 Å². The van der Waals surface area contributed by atoms with E-state index in [4.69, 9.17) is 0 Å². The van der Waals surface area contributed by atoms with Crippen LogP contribution in [0.2, 0.25) is 0 Å². The minimum atomic E-state index is -4.41. The van der Waals surface area contributed by atoms with Crippen LogP contribution < -0.4 is 10.6 Å².